The highest BCUT2D eigenvalue weighted by Crippen LogP contribution is 2.37. The SMILES string of the molecule is O=C1C(Cl)=C(c2cccs2)C(=O)N1c1cc(Cl)cc(Cl)c1. The van der Waals surface area contributed by atoms with Crippen LogP contribution in [0.4, 0.5) is 5.69 Å². The van der Waals surface area contributed by atoms with Gasteiger partial charge in [-0.25, -0.2) is 4.90 Å². The molecule has 0 N–H and O–H groups in total. The highest BCUT2D eigenvalue weighted by atomic mass is 35.5. The van der Waals surface area contributed by atoms with Crippen molar-refractivity contribution in [2.75, 3.05) is 4.90 Å². The van der Waals surface area contributed by atoms with Crippen molar-refractivity contribution in [3.05, 3.63) is 55.7 Å². The van der Waals surface area contributed by atoms with Crippen LogP contribution in [0.2, 0.25) is 10.0 Å². The molecule has 106 valence electrons. The third-order valence-electron chi connectivity index (χ3n) is 2.90. The zero-order valence-corrected chi connectivity index (χ0v) is 13.4. The van der Waals surface area contributed by atoms with Crippen LogP contribution >= 0.6 is 46.1 Å². The van der Waals surface area contributed by atoms with Crippen molar-refractivity contribution in [3.63, 3.8) is 0 Å². The monoisotopic (exact) mass is 357 g/mol. The summed E-state index contributed by atoms with van der Waals surface area (Å²) >= 11 is 19.2. The lowest BCUT2D eigenvalue weighted by Crippen LogP contribution is -2.31. The standard InChI is InChI=1S/C14H6Cl3NO2S/c15-7-4-8(16)6-9(5-7)18-13(19)11(12(17)14(18)20)10-2-1-3-21-10/h1-6H. The van der Waals surface area contributed by atoms with Gasteiger partial charge in [-0.1, -0.05) is 40.9 Å². The van der Waals surface area contributed by atoms with E-state index in [1.807, 2.05) is 5.38 Å². The van der Waals surface area contributed by atoms with Gasteiger partial charge in [0.05, 0.1) is 11.3 Å². The van der Waals surface area contributed by atoms with Gasteiger partial charge in [0, 0.05) is 14.9 Å². The molecule has 0 fully saturated rings. The number of thiophene rings is 1. The van der Waals surface area contributed by atoms with Crippen LogP contribution in [0.3, 0.4) is 0 Å². The van der Waals surface area contributed by atoms with Crippen LogP contribution in [-0.2, 0) is 9.59 Å². The maximum Gasteiger partial charge on any atom is 0.277 e. The van der Waals surface area contributed by atoms with Crippen molar-refractivity contribution in [1.29, 1.82) is 0 Å². The van der Waals surface area contributed by atoms with Gasteiger partial charge in [0.1, 0.15) is 5.03 Å². The molecular formula is C14H6Cl3NO2S. The third-order valence-corrected chi connectivity index (χ3v) is 4.57. The number of hydrogen-bond acceptors (Lipinski definition) is 3. The highest BCUT2D eigenvalue weighted by Gasteiger charge is 2.39. The smallest absolute Gasteiger partial charge is 0.268 e. The number of anilines is 1. The van der Waals surface area contributed by atoms with Gasteiger partial charge in [-0.05, 0) is 29.6 Å². The van der Waals surface area contributed by atoms with Gasteiger partial charge in [0.15, 0.2) is 0 Å². The zero-order valence-electron chi connectivity index (χ0n) is 10.3. The van der Waals surface area contributed by atoms with Crippen LogP contribution < -0.4 is 4.90 Å². The number of nitrogens with zero attached hydrogens (tertiary/aromatic N) is 1. The van der Waals surface area contributed by atoms with Crippen LogP contribution in [0.25, 0.3) is 5.57 Å². The Morgan fingerprint density at radius 2 is 1.62 bits per heavy atom. The predicted octanol–water partition coefficient (Wildman–Crippen LogP) is 4.58. The molecule has 1 aromatic heterocycles. The Kier molecular flexibility index (Phi) is 3.80. The van der Waals surface area contributed by atoms with Crippen molar-refractivity contribution < 1.29 is 9.59 Å². The number of halogens is 3. The Labute approximate surface area is 139 Å². The second-order valence-corrected chi connectivity index (χ2v) is 6.44. The molecule has 0 unspecified atom stereocenters. The number of carbonyl (C=O) groups excluding carboxylic acids is 2. The largest absolute Gasteiger partial charge is 0.277 e. The molecule has 0 bridgehead atoms. The van der Waals surface area contributed by atoms with E-state index in [1.165, 1.54) is 29.5 Å². The summed E-state index contributed by atoms with van der Waals surface area (Å²) in [5.74, 6) is -1.06. The minimum absolute atomic E-state index is 0.0986. The number of carbonyl (C=O) groups is 2. The lowest BCUT2D eigenvalue weighted by Gasteiger charge is -2.15. The first kappa shape index (κ1) is 14.6. The number of amides is 2. The van der Waals surface area contributed by atoms with Crippen LogP contribution in [0, 0.1) is 0 Å². The molecule has 0 aliphatic carbocycles. The molecule has 0 saturated heterocycles. The molecule has 3 rings (SSSR count). The zero-order chi connectivity index (χ0) is 15.1. The van der Waals surface area contributed by atoms with E-state index in [0.717, 1.165) is 4.90 Å². The normalized spacial score (nSPS) is 15.3. The summed E-state index contributed by atoms with van der Waals surface area (Å²) in [5, 5.41) is 2.37. The van der Waals surface area contributed by atoms with Gasteiger partial charge in [0.25, 0.3) is 11.8 Å². The van der Waals surface area contributed by atoms with E-state index in [1.54, 1.807) is 12.1 Å². The Balaban J connectivity index is 2.08. The molecule has 0 spiro atoms. The molecular weight excluding hydrogens is 353 g/mol. The first-order valence-electron chi connectivity index (χ1n) is 5.77. The van der Waals surface area contributed by atoms with E-state index >= 15 is 0 Å². The average molecular weight is 359 g/mol. The first-order chi connectivity index (χ1) is 9.99. The van der Waals surface area contributed by atoms with E-state index in [4.69, 9.17) is 34.8 Å². The van der Waals surface area contributed by atoms with Crippen LogP contribution in [-0.4, -0.2) is 11.8 Å². The molecule has 2 heterocycles. The van der Waals surface area contributed by atoms with Gasteiger partial charge < -0.3 is 0 Å². The molecule has 1 aliphatic rings. The average Bonchev–Trinajstić information content (AvgIpc) is 2.97. The summed E-state index contributed by atoms with van der Waals surface area (Å²) in [4.78, 5) is 26.4. The molecule has 0 saturated carbocycles. The van der Waals surface area contributed by atoms with Crippen LogP contribution in [0.1, 0.15) is 4.88 Å². The van der Waals surface area contributed by atoms with Gasteiger partial charge in [-0.2, -0.15) is 0 Å². The number of benzene rings is 1. The minimum Gasteiger partial charge on any atom is -0.268 e. The van der Waals surface area contributed by atoms with Crippen molar-refractivity contribution in [1.82, 2.24) is 0 Å². The van der Waals surface area contributed by atoms with E-state index in [2.05, 4.69) is 0 Å². The maximum absolute atomic E-state index is 12.5. The molecule has 7 heteroatoms. The molecule has 0 radical (unpaired) electrons. The Morgan fingerprint density at radius 1 is 0.952 bits per heavy atom. The fourth-order valence-electron chi connectivity index (χ4n) is 2.04. The molecule has 0 atom stereocenters. The van der Waals surface area contributed by atoms with Crippen LogP contribution in [0.15, 0.2) is 40.7 Å². The fourth-order valence-corrected chi connectivity index (χ4v) is 3.65. The second-order valence-electron chi connectivity index (χ2n) is 4.24. The maximum atomic E-state index is 12.5. The molecule has 2 aromatic rings. The Bertz CT molecular complexity index is 763. The molecule has 1 aromatic carbocycles. The topological polar surface area (TPSA) is 37.4 Å². The predicted molar refractivity (Wildman–Crippen MR) is 86.0 cm³/mol. The van der Waals surface area contributed by atoms with Gasteiger partial charge in [0.2, 0.25) is 0 Å². The Hall–Kier alpha value is -1.33. The summed E-state index contributed by atoms with van der Waals surface area (Å²) in [7, 11) is 0. The second kappa shape index (κ2) is 5.46. The number of rotatable bonds is 2. The van der Waals surface area contributed by atoms with Gasteiger partial charge in [-0.3, -0.25) is 9.59 Å². The van der Waals surface area contributed by atoms with Crippen molar-refractivity contribution >= 4 is 69.2 Å². The quantitative estimate of drug-likeness (QED) is 0.737. The summed E-state index contributed by atoms with van der Waals surface area (Å²) < 4.78 is 0. The van der Waals surface area contributed by atoms with E-state index in [-0.39, 0.29) is 10.6 Å². The molecule has 3 nitrogen and oxygen atoms in total. The minimum atomic E-state index is -0.580. The number of hydrogen-bond donors (Lipinski definition) is 0. The van der Waals surface area contributed by atoms with Gasteiger partial charge in [-0.15, -0.1) is 11.3 Å². The lowest BCUT2D eigenvalue weighted by molar-refractivity contribution is -0.119. The van der Waals surface area contributed by atoms with Crippen molar-refractivity contribution in [2.45, 2.75) is 0 Å². The summed E-state index contributed by atoms with van der Waals surface area (Å²) in [5.41, 5.74) is 0.500. The summed E-state index contributed by atoms with van der Waals surface area (Å²) in [6.45, 7) is 0. The summed E-state index contributed by atoms with van der Waals surface area (Å²) in [6, 6.07) is 8.03. The fraction of sp³-hybridized carbons (Fsp3) is 0. The molecule has 21 heavy (non-hydrogen) atoms. The number of imide groups is 1. The van der Waals surface area contributed by atoms with Crippen molar-refractivity contribution in [3.8, 4) is 0 Å². The van der Waals surface area contributed by atoms with E-state index in [9.17, 15) is 9.59 Å². The summed E-state index contributed by atoms with van der Waals surface area (Å²) in [6.07, 6.45) is 0. The van der Waals surface area contributed by atoms with Gasteiger partial charge >= 0.3 is 0 Å². The molecule has 1 aliphatic heterocycles. The van der Waals surface area contributed by atoms with E-state index in [0.29, 0.717) is 20.6 Å². The first-order valence-corrected chi connectivity index (χ1v) is 7.79. The third kappa shape index (κ3) is 2.49. The van der Waals surface area contributed by atoms with Crippen LogP contribution in [0.5, 0.6) is 0 Å². The van der Waals surface area contributed by atoms with E-state index < -0.39 is 11.8 Å². The highest BCUT2D eigenvalue weighted by molar-refractivity contribution is 7.11. The molecule has 2 amide bonds. The Morgan fingerprint density at radius 3 is 2.19 bits per heavy atom. The lowest BCUT2D eigenvalue weighted by atomic mass is 10.2. The van der Waals surface area contributed by atoms with Crippen molar-refractivity contribution in [2.24, 2.45) is 0 Å².